The van der Waals surface area contributed by atoms with Crippen molar-refractivity contribution < 1.29 is 23.4 Å². The van der Waals surface area contributed by atoms with Crippen molar-refractivity contribution in [3.63, 3.8) is 0 Å². The van der Waals surface area contributed by atoms with Crippen LogP contribution in [-0.4, -0.2) is 92.6 Å². The molecule has 44 heavy (non-hydrogen) atoms. The lowest BCUT2D eigenvalue weighted by Crippen LogP contribution is -2.42. The third kappa shape index (κ3) is 6.39. The van der Waals surface area contributed by atoms with Gasteiger partial charge in [0.25, 0.3) is 6.43 Å². The number of ether oxygens (including phenoxy) is 1. The van der Waals surface area contributed by atoms with E-state index in [9.17, 15) is 13.6 Å². The van der Waals surface area contributed by atoms with Crippen LogP contribution in [0.3, 0.4) is 0 Å². The molecule has 4 heterocycles. The van der Waals surface area contributed by atoms with Crippen LogP contribution in [0.4, 0.5) is 8.78 Å². The Kier molecular flexibility index (Phi) is 8.77. The minimum absolute atomic E-state index is 0.0131. The molecule has 234 valence electrons. The lowest BCUT2D eigenvalue weighted by molar-refractivity contribution is -0.135. The second kappa shape index (κ2) is 12.7. The van der Waals surface area contributed by atoms with Crippen molar-refractivity contribution in [2.24, 2.45) is 5.92 Å². The third-order valence-electron chi connectivity index (χ3n) is 9.36. The van der Waals surface area contributed by atoms with Crippen LogP contribution in [0.1, 0.15) is 50.4 Å². The van der Waals surface area contributed by atoms with E-state index in [-0.39, 0.29) is 24.0 Å². The van der Waals surface area contributed by atoms with E-state index in [1.165, 1.54) is 5.57 Å². The number of carbonyl (C=O) groups excluding carboxylic acids is 1. The molecule has 1 atom stereocenters. The molecule has 0 spiro atoms. The normalized spacial score (nSPS) is 22.1. The second-order valence-electron chi connectivity index (χ2n) is 12.5. The molecule has 1 aliphatic carbocycles. The zero-order valence-corrected chi connectivity index (χ0v) is 25.3. The quantitative estimate of drug-likeness (QED) is 0.379. The molecule has 3 aliphatic rings. The molecular weight excluding hydrogens is 566 g/mol. The Morgan fingerprint density at radius 3 is 2.59 bits per heavy atom. The highest BCUT2D eigenvalue weighted by molar-refractivity contribution is 5.87. The summed E-state index contributed by atoms with van der Waals surface area (Å²) < 4.78 is 31.8. The standard InChI is InChI=1S/C33H40F2N6O3/c1-21-17-24(3-4-26(21)44-25-9-15-41(16-10-25)28(43)19-42)29-30-31(37-20-36-29)39-32(38-30)33(2)11-5-22(6-12-33)23-7-13-40(14-8-23)18-27(34)35/h3-6,11,17,20,23,25,27,42H,7-10,12-16,18-19H2,1-2H3,(H,36,37,38,39). The highest BCUT2D eigenvalue weighted by Crippen LogP contribution is 2.38. The van der Waals surface area contributed by atoms with Crippen LogP contribution in [0.2, 0.25) is 0 Å². The summed E-state index contributed by atoms with van der Waals surface area (Å²) in [6, 6.07) is 6.01. The molecule has 2 fully saturated rings. The Labute approximate surface area is 256 Å². The first-order chi connectivity index (χ1) is 21.2. The topological polar surface area (TPSA) is 107 Å². The third-order valence-corrected chi connectivity index (χ3v) is 9.36. The van der Waals surface area contributed by atoms with E-state index in [4.69, 9.17) is 14.8 Å². The second-order valence-corrected chi connectivity index (χ2v) is 12.5. The number of benzene rings is 1. The van der Waals surface area contributed by atoms with Crippen LogP contribution in [0.15, 0.2) is 48.3 Å². The molecule has 0 radical (unpaired) electrons. The summed E-state index contributed by atoms with van der Waals surface area (Å²) in [7, 11) is 0. The van der Waals surface area contributed by atoms with Crippen LogP contribution >= 0.6 is 0 Å². The molecule has 9 nitrogen and oxygen atoms in total. The van der Waals surface area contributed by atoms with Gasteiger partial charge in [-0.2, -0.15) is 0 Å². The predicted octanol–water partition coefficient (Wildman–Crippen LogP) is 4.81. The number of hydrogen-bond acceptors (Lipinski definition) is 7. The molecule has 1 aromatic carbocycles. The van der Waals surface area contributed by atoms with Crippen LogP contribution in [0.25, 0.3) is 22.4 Å². The van der Waals surface area contributed by atoms with Gasteiger partial charge in [0.05, 0.1) is 6.54 Å². The van der Waals surface area contributed by atoms with Gasteiger partial charge in [0.1, 0.15) is 41.8 Å². The Hall–Kier alpha value is -3.70. The number of halogens is 2. The Balaban J connectivity index is 1.14. The number of aromatic amines is 1. The molecule has 2 N–H and O–H groups in total. The van der Waals surface area contributed by atoms with Crippen molar-refractivity contribution in [1.29, 1.82) is 0 Å². The fourth-order valence-electron chi connectivity index (χ4n) is 6.61. The minimum Gasteiger partial charge on any atom is -0.490 e. The maximum atomic E-state index is 12.8. The highest BCUT2D eigenvalue weighted by Gasteiger charge is 2.32. The number of aliphatic hydroxyl groups excluding tert-OH is 1. The number of alkyl halides is 2. The molecule has 2 saturated heterocycles. The van der Waals surface area contributed by atoms with Crippen molar-refractivity contribution >= 4 is 17.1 Å². The van der Waals surface area contributed by atoms with Crippen molar-refractivity contribution in [1.82, 2.24) is 29.7 Å². The van der Waals surface area contributed by atoms with Gasteiger partial charge >= 0.3 is 0 Å². The van der Waals surface area contributed by atoms with Gasteiger partial charge in [-0.1, -0.05) is 18.2 Å². The van der Waals surface area contributed by atoms with Crippen molar-refractivity contribution in [2.45, 2.75) is 63.9 Å². The van der Waals surface area contributed by atoms with E-state index in [0.717, 1.165) is 60.5 Å². The number of rotatable bonds is 8. The zero-order valence-electron chi connectivity index (χ0n) is 25.3. The number of fused-ring (bicyclic) bond motifs is 1. The van der Waals surface area contributed by atoms with E-state index in [1.54, 1.807) is 11.2 Å². The number of nitrogens with one attached hydrogen (secondary N) is 1. The Morgan fingerprint density at radius 2 is 1.93 bits per heavy atom. The molecule has 0 saturated carbocycles. The number of imidazole rings is 1. The summed E-state index contributed by atoms with van der Waals surface area (Å²) in [4.78, 5) is 32.8. The molecule has 1 unspecified atom stereocenters. The highest BCUT2D eigenvalue weighted by atomic mass is 19.3. The molecule has 2 aromatic heterocycles. The number of aliphatic hydroxyl groups is 1. The van der Waals surface area contributed by atoms with E-state index in [1.807, 2.05) is 24.0 Å². The smallest absolute Gasteiger partial charge is 0.251 e. The fourth-order valence-corrected chi connectivity index (χ4v) is 6.61. The molecule has 11 heteroatoms. The monoisotopic (exact) mass is 606 g/mol. The molecule has 6 rings (SSSR count). The average Bonchev–Trinajstić information content (AvgIpc) is 3.48. The number of hydrogen-bond donors (Lipinski definition) is 2. The summed E-state index contributed by atoms with van der Waals surface area (Å²) in [5.74, 6) is 1.79. The fraction of sp³-hybridized carbons (Fsp3) is 0.515. The number of carbonyl (C=O) groups is 1. The number of nitrogens with zero attached hydrogens (tertiary/aromatic N) is 5. The number of piperidine rings is 2. The number of amides is 1. The number of H-pyrrole nitrogens is 1. The predicted molar refractivity (Wildman–Crippen MR) is 164 cm³/mol. The Morgan fingerprint density at radius 1 is 1.16 bits per heavy atom. The Bertz CT molecular complexity index is 1560. The molecular formula is C33H40F2N6O3. The summed E-state index contributed by atoms with van der Waals surface area (Å²) in [5.41, 5.74) is 5.02. The van der Waals surface area contributed by atoms with E-state index in [0.29, 0.717) is 43.3 Å². The number of allylic oxidation sites excluding steroid dienone is 4. The maximum Gasteiger partial charge on any atom is 0.251 e. The first-order valence-corrected chi connectivity index (χ1v) is 15.5. The average molecular weight is 607 g/mol. The number of likely N-dealkylation sites (tertiary alicyclic amines) is 2. The lowest BCUT2D eigenvalue weighted by Gasteiger charge is -2.34. The molecule has 2 aliphatic heterocycles. The SMILES string of the molecule is Cc1cc(-c2ncnc3[nH]c(C4(C)C=CC(C5CCN(CC(F)F)CC5)=CC4)nc23)ccc1OC1CCN(C(=O)CO)CC1. The first kappa shape index (κ1) is 30.3. The van der Waals surface area contributed by atoms with E-state index in [2.05, 4.69) is 46.2 Å². The van der Waals surface area contributed by atoms with Gasteiger partial charge in [0, 0.05) is 36.9 Å². The van der Waals surface area contributed by atoms with Crippen molar-refractivity contribution in [3.8, 4) is 17.0 Å². The zero-order chi connectivity index (χ0) is 30.8. The van der Waals surface area contributed by atoms with Gasteiger partial charge in [-0.25, -0.2) is 23.7 Å². The van der Waals surface area contributed by atoms with Gasteiger partial charge < -0.3 is 19.7 Å². The molecule has 3 aromatic rings. The minimum atomic E-state index is -2.28. The van der Waals surface area contributed by atoms with Crippen LogP contribution < -0.4 is 4.74 Å². The van der Waals surface area contributed by atoms with E-state index < -0.39 is 13.0 Å². The molecule has 0 bridgehead atoms. The van der Waals surface area contributed by atoms with Gasteiger partial charge in [0.15, 0.2) is 5.65 Å². The van der Waals surface area contributed by atoms with Crippen LogP contribution in [0.5, 0.6) is 5.75 Å². The number of aromatic nitrogens is 4. The number of aryl methyl sites for hydroxylation is 1. The van der Waals surface area contributed by atoms with Gasteiger partial charge in [-0.3, -0.25) is 9.69 Å². The van der Waals surface area contributed by atoms with E-state index >= 15 is 0 Å². The maximum absolute atomic E-state index is 12.8. The summed E-state index contributed by atoms with van der Waals surface area (Å²) in [6.07, 6.45) is 10.00. The van der Waals surface area contributed by atoms with Gasteiger partial charge in [0.2, 0.25) is 5.91 Å². The van der Waals surface area contributed by atoms with Gasteiger partial charge in [-0.05, 0) is 81.5 Å². The summed E-state index contributed by atoms with van der Waals surface area (Å²) in [6.45, 7) is 6.16. The van der Waals surface area contributed by atoms with Crippen molar-refractivity contribution in [2.75, 3.05) is 39.3 Å². The first-order valence-electron chi connectivity index (χ1n) is 15.5. The van der Waals surface area contributed by atoms with Crippen molar-refractivity contribution in [3.05, 3.63) is 59.7 Å². The van der Waals surface area contributed by atoms with Crippen LogP contribution in [0, 0.1) is 12.8 Å². The van der Waals surface area contributed by atoms with Gasteiger partial charge in [-0.15, -0.1) is 0 Å². The largest absolute Gasteiger partial charge is 0.490 e. The summed E-state index contributed by atoms with van der Waals surface area (Å²) >= 11 is 0. The lowest BCUT2D eigenvalue weighted by atomic mass is 9.77. The summed E-state index contributed by atoms with van der Waals surface area (Å²) in [5, 5.41) is 9.11. The molecule has 1 amide bonds. The van der Waals surface area contributed by atoms with Crippen LogP contribution in [-0.2, 0) is 10.2 Å².